The van der Waals surface area contributed by atoms with E-state index in [1.54, 1.807) is 23.7 Å². The van der Waals surface area contributed by atoms with E-state index in [0.29, 0.717) is 17.9 Å². The van der Waals surface area contributed by atoms with Gasteiger partial charge in [0, 0.05) is 42.9 Å². The second-order valence-corrected chi connectivity index (χ2v) is 10.4. The van der Waals surface area contributed by atoms with Crippen molar-refractivity contribution in [3.8, 4) is 5.75 Å². The summed E-state index contributed by atoms with van der Waals surface area (Å²) in [4.78, 5) is 7.37. The lowest BCUT2D eigenvalue weighted by Gasteiger charge is -2.23. The first-order valence-corrected chi connectivity index (χ1v) is 12.7. The Morgan fingerprint density at radius 2 is 2.12 bits per heavy atom. The molecule has 2 fully saturated rings. The van der Waals surface area contributed by atoms with Crippen molar-refractivity contribution < 1.29 is 13.5 Å². The highest BCUT2D eigenvalue weighted by Gasteiger charge is 2.68. The van der Waals surface area contributed by atoms with Gasteiger partial charge in [0.1, 0.15) is 16.6 Å². The first-order valence-electron chi connectivity index (χ1n) is 11.9. The number of aromatic nitrogens is 4. The summed E-state index contributed by atoms with van der Waals surface area (Å²) >= 11 is 1.59. The van der Waals surface area contributed by atoms with Gasteiger partial charge < -0.3 is 15.0 Å². The van der Waals surface area contributed by atoms with Gasteiger partial charge in [0.05, 0.1) is 5.69 Å². The minimum atomic E-state index is -2.82. The zero-order valence-corrected chi connectivity index (χ0v) is 20.1. The highest BCUT2D eigenvalue weighted by molar-refractivity contribution is 7.10. The van der Waals surface area contributed by atoms with E-state index in [4.69, 9.17) is 10.1 Å². The van der Waals surface area contributed by atoms with Crippen molar-refractivity contribution in [2.24, 2.45) is 11.3 Å². The number of piperidine rings is 1. The molecule has 3 unspecified atom stereocenters. The molecule has 1 N–H and O–H groups in total. The Morgan fingerprint density at radius 3 is 2.79 bits per heavy atom. The Bertz CT molecular complexity index is 1180. The maximum Gasteiger partial charge on any atom is 0.387 e. The Morgan fingerprint density at radius 1 is 1.29 bits per heavy atom. The summed E-state index contributed by atoms with van der Waals surface area (Å²) < 4.78 is 35.9. The fourth-order valence-electron chi connectivity index (χ4n) is 5.99. The molecule has 1 aromatic carbocycles. The van der Waals surface area contributed by atoms with Gasteiger partial charge in [0.15, 0.2) is 0 Å². The largest absolute Gasteiger partial charge is 0.435 e. The number of aryl methyl sites for hydroxylation is 2. The van der Waals surface area contributed by atoms with Crippen LogP contribution in [0.25, 0.3) is 0 Å². The number of anilines is 2. The van der Waals surface area contributed by atoms with Crippen LogP contribution in [0.5, 0.6) is 5.75 Å². The van der Waals surface area contributed by atoms with E-state index in [-0.39, 0.29) is 17.1 Å². The van der Waals surface area contributed by atoms with Crippen LogP contribution in [-0.4, -0.2) is 44.9 Å². The molecule has 0 spiro atoms. The number of hydrogen-bond donors (Lipinski definition) is 1. The smallest absolute Gasteiger partial charge is 0.387 e. The highest BCUT2D eigenvalue weighted by Crippen LogP contribution is 2.61. The van der Waals surface area contributed by atoms with E-state index < -0.39 is 6.61 Å². The molecule has 4 atom stereocenters. The van der Waals surface area contributed by atoms with Crippen LogP contribution in [0.15, 0.2) is 30.3 Å². The van der Waals surface area contributed by atoms with Crippen molar-refractivity contribution in [3.63, 3.8) is 0 Å². The molecular formula is C24H28F2N6OS. The summed E-state index contributed by atoms with van der Waals surface area (Å²) in [7, 11) is 0. The molecule has 2 aromatic heterocycles. The quantitative estimate of drug-likeness (QED) is 0.513. The Balaban J connectivity index is 1.17. The van der Waals surface area contributed by atoms with Crippen molar-refractivity contribution in [3.05, 3.63) is 47.4 Å². The third kappa shape index (κ3) is 3.62. The van der Waals surface area contributed by atoms with Gasteiger partial charge >= 0.3 is 6.61 Å². The second-order valence-electron chi connectivity index (χ2n) is 9.66. The number of ether oxygens (including phenoxy) is 1. The number of fused-ring (bicyclic) bond motifs is 2. The van der Waals surface area contributed by atoms with Crippen LogP contribution in [-0.2, 0) is 6.54 Å². The zero-order valence-electron chi connectivity index (χ0n) is 19.2. The maximum atomic E-state index is 12.5. The van der Waals surface area contributed by atoms with Crippen LogP contribution in [0.4, 0.5) is 19.7 Å². The van der Waals surface area contributed by atoms with Crippen molar-refractivity contribution >= 4 is 22.5 Å². The Kier molecular flexibility index (Phi) is 5.24. The molecule has 1 saturated heterocycles. The van der Waals surface area contributed by atoms with Crippen molar-refractivity contribution in [2.45, 2.75) is 58.2 Å². The number of nitrogens with zero attached hydrogens (tertiary/aromatic N) is 5. The fraction of sp³-hybridized carbons (Fsp3) is 0.542. The van der Waals surface area contributed by atoms with E-state index in [1.165, 1.54) is 5.00 Å². The minimum absolute atomic E-state index is 0.0984. The summed E-state index contributed by atoms with van der Waals surface area (Å²) in [5, 5.41) is 9.71. The second kappa shape index (κ2) is 8.18. The summed E-state index contributed by atoms with van der Waals surface area (Å²) in [6.45, 7) is 4.43. The number of alkyl halides is 2. The van der Waals surface area contributed by atoms with Gasteiger partial charge in [-0.05, 0) is 61.5 Å². The average Bonchev–Trinajstić information content (AvgIpc) is 3.29. The SMILES string of the molecule is CCC12CN(c3cc(C)ns3)CC1[C@@H]2Nc1nc2n(n1)CCCC2c1ccc(OC(F)F)cc1. The Labute approximate surface area is 201 Å². The first kappa shape index (κ1) is 21.8. The van der Waals surface area contributed by atoms with Crippen LogP contribution in [0.3, 0.4) is 0 Å². The molecule has 2 aliphatic heterocycles. The van der Waals surface area contributed by atoms with Gasteiger partial charge in [-0.1, -0.05) is 19.1 Å². The molecule has 6 rings (SSSR count). The predicted octanol–water partition coefficient (Wildman–Crippen LogP) is 4.90. The molecule has 0 radical (unpaired) electrons. The lowest BCUT2D eigenvalue weighted by Crippen LogP contribution is -2.31. The lowest BCUT2D eigenvalue weighted by atomic mass is 9.91. The lowest BCUT2D eigenvalue weighted by molar-refractivity contribution is -0.0498. The normalized spacial score (nSPS) is 27.6. The van der Waals surface area contributed by atoms with E-state index in [2.05, 4.69) is 32.3 Å². The third-order valence-electron chi connectivity index (χ3n) is 7.81. The maximum absolute atomic E-state index is 12.5. The average molecular weight is 487 g/mol. The molecule has 0 amide bonds. The number of benzene rings is 1. The number of rotatable bonds is 7. The molecule has 3 aliphatic rings. The topological polar surface area (TPSA) is 68.1 Å². The van der Waals surface area contributed by atoms with Crippen LogP contribution >= 0.6 is 11.5 Å². The molecule has 1 saturated carbocycles. The van der Waals surface area contributed by atoms with Crippen molar-refractivity contribution in [1.82, 2.24) is 19.1 Å². The molecule has 7 nitrogen and oxygen atoms in total. The monoisotopic (exact) mass is 486 g/mol. The third-order valence-corrected chi connectivity index (χ3v) is 8.75. The van der Waals surface area contributed by atoms with Crippen molar-refractivity contribution in [1.29, 1.82) is 0 Å². The minimum Gasteiger partial charge on any atom is -0.435 e. The van der Waals surface area contributed by atoms with Crippen LogP contribution in [0.2, 0.25) is 0 Å². The molecule has 10 heteroatoms. The summed E-state index contributed by atoms with van der Waals surface area (Å²) in [5.41, 5.74) is 2.38. The summed E-state index contributed by atoms with van der Waals surface area (Å²) in [6, 6.07) is 9.47. The number of hydrogen-bond acceptors (Lipinski definition) is 7. The predicted molar refractivity (Wildman–Crippen MR) is 127 cm³/mol. The number of halogens is 2. The van der Waals surface area contributed by atoms with Gasteiger partial charge in [-0.3, -0.25) is 0 Å². The Hall–Kier alpha value is -2.75. The molecule has 3 aromatic rings. The van der Waals surface area contributed by atoms with Crippen LogP contribution < -0.4 is 15.0 Å². The van der Waals surface area contributed by atoms with Gasteiger partial charge in [0.25, 0.3) is 0 Å². The van der Waals surface area contributed by atoms with Crippen molar-refractivity contribution in [2.75, 3.05) is 23.3 Å². The van der Waals surface area contributed by atoms with Gasteiger partial charge in [-0.15, -0.1) is 5.10 Å². The molecule has 1 aliphatic carbocycles. The summed E-state index contributed by atoms with van der Waals surface area (Å²) in [6.07, 6.45) is 3.08. The molecule has 4 heterocycles. The van der Waals surface area contributed by atoms with Gasteiger partial charge in [-0.2, -0.15) is 18.1 Å². The van der Waals surface area contributed by atoms with E-state index in [0.717, 1.165) is 56.0 Å². The van der Waals surface area contributed by atoms with Crippen LogP contribution in [0.1, 0.15) is 49.2 Å². The molecular weight excluding hydrogens is 458 g/mol. The number of nitrogens with one attached hydrogen (secondary N) is 1. The standard InChI is InChI=1S/C24H28F2N6OS/c1-3-24-13-31(19-11-14(2)30-34-19)12-18(24)20(24)27-23-28-21-17(5-4-10-32(21)29-23)15-6-8-16(9-7-15)33-22(25)26/h6-9,11,17-18,20,22H,3-5,10,12-13H2,1-2H3,(H,27,29)/t17?,18?,20-,24?/m0/s1. The molecule has 34 heavy (non-hydrogen) atoms. The first-order chi connectivity index (χ1) is 16.5. The van der Waals surface area contributed by atoms with Crippen LogP contribution in [0, 0.1) is 18.3 Å². The molecule has 180 valence electrons. The van der Waals surface area contributed by atoms with Gasteiger partial charge in [-0.25, -0.2) is 4.68 Å². The van der Waals surface area contributed by atoms with E-state index in [9.17, 15) is 8.78 Å². The summed E-state index contributed by atoms with van der Waals surface area (Å²) in [5.74, 6) is 2.49. The zero-order chi connectivity index (χ0) is 23.4. The van der Waals surface area contributed by atoms with Gasteiger partial charge in [0.2, 0.25) is 5.95 Å². The highest BCUT2D eigenvalue weighted by atomic mass is 32.1. The fourth-order valence-corrected chi connectivity index (χ4v) is 6.76. The van der Waals surface area contributed by atoms with E-state index >= 15 is 0 Å². The van der Waals surface area contributed by atoms with E-state index in [1.807, 2.05) is 23.7 Å². The molecule has 0 bridgehead atoms.